The molecular weight excluding hydrogens is 438 g/mol. The second kappa shape index (κ2) is 7.39. The molecule has 0 spiro atoms. The van der Waals surface area contributed by atoms with E-state index in [1.165, 1.54) is 15.8 Å². The van der Waals surface area contributed by atoms with Crippen LogP contribution in [0.25, 0.3) is 43.6 Å². The average Bonchev–Trinajstić information content (AvgIpc) is 3.60. The van der Waals surface area contributed by atoms with Gasteiger partial charge in [0.1, 0.15) is 5.52 Å². The molecule has 0 aliphatic rings. The van der Waals surface area contributed by atoms with Gasteiger partial charge >= 0.3 is 0 Å². The highest BCUT2D eigenvalue weighted by molar-refractivity contribution is 6.07. The third-order valence-corrected chi connectivity index (χ3v) is 6.93. The highest BCUT2D eigenvalue weighted by atomic mass is 16.1. The van der Waals surface area contributed by atoms with Gasteiger partial charge in [0.2, 0.25) is 0 Å². The quantitative estimate of drug-likeness (QED) is 0.411. The Labute approximate surface area is 198 Å². The fourth-order valence-corrected chi connectivity index (χ4v) is 5.16. The monoisotopic (exact) mass is 459 g/mol. The van der Waals surface area contributed by atoms with E-state index in [2.05, 4.69) is 49.8 Å². The molecule has 8 heteroatoms. The lowest BCUT2D eigenvalue weighted by Crippen LogP contribution is -2.24. The summed E-state index contributed by atoms with van der Waals surface area (Å²) in [6.45, 7) is 0.382. The zero-order valence-electron chi connectivity index (χ0n) is 19.0. The molecule has 0 radical (unpaired) electrons. The van der Waals surface area contributed by atoms with Crippen LogP contribution in [0.5, 0.6) is 0 Å². The van der Waals surface area contributed by atoms with Gasteiger partial charge in [-0.25, -0.2) is 4.68 Å². The Bertz CT molecular complexity index is 1950. The molecule has 0 bridgehead atoms. The van der Waals surface area contributed by atoms with E-state index in [-0.39, 0.29) is 5.56 Å². The molecule has 0 aliphatic carbocycles. The number of hydrogen-bond donors (Lipinski definition) is 2. The summed E-state index contributed by atoms with van der Waals surface area (Å²) in [5.41, 5.74) is 6.94. The summed E-state index contributed by atoms with van der Waals surface area (Å²) in [6.07, 6.45) is 6.25. The van der Waals surface area contributed by atoms with Crippen molar-refractivity contribution < 1.29 is 0 Å². The molecule has 0 unspecified atom stereocenters. The number of nitrogens with one attached hydrogen (secondary N) is 2. The Kier molecular flexibility index (Phi) is 4.17. The molecule has 0 atom stereocenters. The van der Waals surface area contributed by atoms with Gasteiger partial charge in [-0.1, -0.05) is 36.4 Å². The van der Waals surface area contributed by atoms with Crippen LogP contribution in [0.4, 0.5) is 0 Å². The molecule has 7 aromatic rings. The van der Waals surface area contributed by atoms with E-state index in [0.29, 0.717) is 12.1 Å². The second-order valence-corrected chi connectivity index (χ2v) is 8.95. The molecule has 0 saturated heterocycles. The third kappa shape index (κ3) is 3.00. The van der Waals surface area contributed by atoms with Gasteiger partial charge in [0.05, 0.1) is 36.2 Å². The number of aromatic nitrogens is 7. The first-order valence-corrected chi connectivity index (χ1v) is 11.5. The van der Waals surface area contributed by atoms with Crippen LogP contribution in [-0.2, 0) is 20.0 Å². The van der Waals surface area contributed by atoms with Gasteiger partial charge in [0.15, 0.2) is 0 Å². The van der Waals surface area contributed by atoms with Crippen molar-refractivity contribution in [3.05, 3.63) is 100 Å². The molecule has 3 aromatic carbocycles. The van der Waals surface area contributed by atoms with E-state index >= 15 is 0 Å². The van der Waals surface area contributed by atoms with E-state index in [1.807, 2.05) is 48.1 Å². The Morgan fingerprint density at radius 2 is 1.51 bits per heavy atom. The van der Waals surface area contributed by atoms with Crippen LogP contribution in [-0.4, -0.2) is 34.7 Å². The van der Waals surface area contributed by atoms with E-state index < -0.39 is 0 Å². The zero-order chi connectivity index (χ0) is 23.5. The van der Waals surface area contributed by atoms with E-state index in [1.54, 1.807) is 12.4 Å². The first-order valence-electron chi connectivity index (χ1n) is 11.5. The standard InChI is InChI=1S/C27H21N7O/c1-33-25-11-16(10-17-4-2-6-23-20(17)12-28-31-23)8-9-19(25)22-14-30-34(27(35)26(22)33)15-18-5-3-7-24-21(18)13-29-32-24/h2-9,11-14H,10,15H2,1H3,(H,28,31)(H,29,32). The number of benzene rings is 3. The van der Waals surface area contributed by atoms with Gasteiger partial charge in [-0.15, -0.1) is 0 Å². The van der Waals surface area contributed by atoms with Crippen LogP contribution in [0.2, 0.25) is 0 Å². The number of H-pyrrole nitrogens is 2. The van der Waals surface area contributed by atoms with Crippen LogP contribution in [0, 0.1) is 0 Å². The smallest absolute Gasteiger partial charge is 0.291 e. The third-order valence-electron chi connectivity index (χ3n) is 6.93. The van der Waals surface area contributed by atoms with Gasteiger partial charge in [-0.05, 0) is 41.3 Å². The minimum atomic E-state index is -0.105. The maximum Gasteiger partial charge on any atom is 0.291 e. The maximum absolute atomic E-state index is 13.5. The number of aromatic amines is 2. The van der Waals surface area contributed by atoms with Crippen molar-refractivity contribution in [1.82, 2.24) is 34.7 Å². The van der Waals surface area contributed by atoms with Gasteiger partial charge in [0, 0.05) is 34.1 Å². The second-order valence-electron chi connectivity index (χ2n) is 8.95. The van der Waals surface area contributed by atoms with E-state index in [9.17, 15) is 4.79 Å². The average molecular weight is 460 g/mol. The van der Waals surface area contributed by atoms with Crippen molar-refractivity contribution in [3.63, 3.8) is 0 Å². The highest BCUT2D eigenvalue weighted by Gasteiger charge is 2.16. The molecule has 170 valence electrons. The number of rotatable bonds is 4. The fourth-order valence-electron chi connectivity index (χ4n) is 5.16. The summed E-state index contributed by atoms with van der Waals surface area (Å²) in [5.74, 6) is 0. The van der Waals surface area contributed by atoms with Crippen LogP contribution < -0.4 is 5.56 Å². The molecule has 0 amide bonds. The molecule has 0 fully saturated rings. The number of hydrogen-bond acceptors (Lipinski definition) is 4. The lowest BCUT2D eigenvalue weighted by atomic mass is 10.0. The molecule has 4 aromatic heterocycles. The Hall–Kier alpha value is -4.72. The van der Waals surface area contributed by atoms with Crippen molar-refractivity contribution in [3.8, 4) is 0 Å². The SMILES string of the molecule is Cn1c2cc(Cc3cccc4[nH]ncc34)ccc2c2cnn(Cc3cccc4[nH]ncc34)c(=O)c21. The summed E-state index contributed by atoms with van der Waals surface area (Å²) in [5, 5.41) is 22.9. The molecule has 2 N–H and O–H groups in total. The van der Waals surface area contributed by atoms with E-state index in [0.717, 1.165) is 50.1 Å². The van der Waals surface area contributed by atoms with Crippen molar-refractivity contribution in [2.75, 3.05) is 0 Å². The summed E-state index contributed by atoms with van der Waals surface area (Å²) in [4.78, 5) is 13.5. The van der Waals surface area contributed by atoms with Gasteiger partial charge in [-0.2, -0.15) is 15.3 Å². The normalized spacial score (nSPS) is 11.9. The molecule has 7 rings (SSSR count). The van der Waals surface area contributed by atoms with Crippen molar-refractivity contribution >= 4 is 43.6 Å². The van der Waals surface area contributed by atoms with Crippen LogP contribution in [0.15, 0.2) is 78.0 Å². The lowest BCUT2D eigenvalue weighted by molar-refractivity contribution is 0.647. The van der Waals surface area contributed by atoms with Gasteiger partial charge in [-0.3, -0.25) is 15.0 Å². The molecule has 0 aliphatic heterocycles. The first-order chi connectivity index (χ1) is 17.2. The highest BCUT2D eigenvalue weighted by Crippen LogP contribution is 2.28. The summed E-state index contributed by atoms with van der Waals surface area (Å²) in [6, 6.07) is 18.5. The topological polar surface area (TPSA) is 97.2 Å². The summed E-state index contributed by atoms with van der Waals surface area (Å²) >= 11 is 0. The van der Waals surface area contributed by atoms with Crippen LogP contribution in [0.3, 0.4) is 0 Å². The predicted molar refractivity (Wildman–Crippen MR) is 137 cm³/mol. The number of aryl methyl sites for hydroxylation is 1. The first kappa shape index (κ1) is 19.7. The maximum atomic E-state index is 13.5. The van der Waals surface area contributed by atoms with Gasteiger partial charge in [0.25, 0.3) is 5.56 Å². The van der Waals surface area contributed by atoms with Crippen LogP contribution in [0.1, 0.15) is 16.7 Å². The van der Waals surface area contributed by atoms with Crippen molar-refractivity contribution in [1.29, 1.82) is 0 Å². The predicted octanol–water partition coefficient (Wildman–Crippen LogP) is 4.28. The molecule has 8 nitrogen and oxygen atoms in total. The lowest BCUT2D eigenvalue weighted by Gasteiger charge is -2.07. The zero-order valence-corrected chi connectivity index (χ0v) is 19.0. The fraction of sp³-hybridized carbons (Fsp3) is 0.111. The molecule has 0 saturated carbocycles. The van der Waals surface area contributed by atoms with Crippen LogP contribution >= 0.6 is 0 Å². The number of fused-ring (bicyclic) bond motifs is 5. The van der Waals surface area contributed by atoms with Crippen molar-refractivity contribution in [2.24, 2.45) is 7.05 Å². The summed E-state index contributed by atoms with van der Waals surface area (Å²) in [7, 11) is 1.95. The number of nitrogens with zero attached hydrogens (tertiary/aromatic N) is 5. The minimum absolute atomic E-state index is 0.105. The molecular formula is C27H21N7O. The van der Waals surface area contributed by atoms with Gasteiger partial charge < -0.3 is 4.57 Å². The largest absolute Gasteiger partial charge is 0.339 e. The Morgan fingerprint density at radius 3 is 2.29 bits per heavy atom. The minimum Gasteiger partial charge on any atom is -0.339 e. The molecule has 35 heavy (non-hydrogen) atoms. The summed E-state index contributed by atoms with van der Waals surface area (Å²) < 4.78 is 3.52. The Morgan fingerprint density at radius 1 is 0.800 bits per heavy atom. The Balaban J connectivity index is 1.32. The molecule has 4 heterocycles. The van der Waals surface area contributed by atoms with Crippen molar-refractivity contribution in [2.45, 2.75) is 13.0 Å². The van der Waals surface area contributed by atoms with E-state index in [4.69, 9.17) is 0 Å².